The molecule has 1 heterocycles. The number of hydrogen-bond donors (Lipinski definition) is 1. The number of benzene rings is 1. The molecule has 1 fully saturated rings. The van der Waals surface area contributed by atoms with Gasteiger partial charge in [-0.3, -0.25) is 15.0 Å². The van der Waals surface area contributed by atoms with Crippen LogP contribution in [-0.2, 0) is 11.3 Å². The van der Waals surface area contributed by atoms with Crippen molar-refractivity contribution in [3.05, 3.63) is 38.3 Å². The summed E-state index contributed by atoms with van der Waals surface area (Å²) in [6.45, 7) is 2.24. The van der Waals surface area contributed by atoms with Crippen molar-refractivity contribution < 1.29 is 14.8 Å². The fourth-order valence-electron chi connectivity index (χ4n) is 2.58. The average Bonchev–Trinajstić information content (AvgIpc) is 2.40. The van der Waals surface area contributed by atoms with E-state index in [1.54, 1.807) is 12.1 Å². The Bertz CT molecular complexity index is 518. The van der Waals surface area contributed by atoms with Crippen LogP contribution in [0.2, 0.25) is 0 Å². The highest BCUT2D eigenvalue weighted by Crippen LogP contribution is 2.27. The Morgan fingerprint density at radius 2 is 2.14 bits per heavy atom. The Hall–Kier alpha value is -1.02. The summed E-state index contributed by atoms with van der Waals surface area (Å²) in [5, 5.41) is 21.4. The number of nitrogens with zero attached hydrogens (tertiary/aromatic N) is 2. The van der Waals surface area contributed by atoms with E-state index in [1.165, 1.54) is 0 Å². The van der Waals surface area contributed by atoms with Crippen molar-refractivity contribution in [2.75, 3.05) is 26.8 Å². The summed E-state index contributed by atoms with van der Waals surface area (Å²) in [5.74, 6) is 0. The Labute approximate surface area is 132 Å². The number of likely N-dealkylation sites (N-methyl/N-ethyl adjacent to an activating group) is 1. The first-order valence-corrected chi connectivity index (χ1v) is 7.60. The minimum absolute atomic E-state index is 0.0608. The molecule has 116 valence electrons. The predicted octanol–water partition coefficient (Wildman–Crippen LogP) is 2.33. The van der Waals surface area contributed by atoms with E-state index >= 15 is 0 Å². The number of aliphatic hydroxyl groups is 1. The van der Waals surface area contributed by atoms with Crippen LogP contribution in [0.1, 0.15) is 18.4 Å². The first-order valence-electron chi connectivity index (χ1n) is 6.81. The molecule has 21 heavy (non-hydrogen) atoms. The van der Waals surface area contributed by atoms with E-state index in [1.807, 2.05) is 18.0 Å². The Morgan fingerprint density at radius 1 is 1.48 bits per heavy atom. The SMILES string of the molecule is CN(Cc1ccc(Br)c([N+](=O)[O-])c1)CC1(O)CCOCC1. The van der Waals surface area contributed by atoms with E-state index in [0.29, 0.717) is 43.6 Å². The second-order valence-electron chi connectivity index (χ2n) is 5.55. The molecule has 7 heteroatoms. The van der Waals surface area contributed by atoms with Crippen LogP contribution in [0.15, 0.2) is 22.7 Å². The molecule has 1 aliphatic heterocycles. The quantitative estimate of drug-likeness (QED) is 0.645. The molecule has 0 atom stereocenters. The van der Waals surface area contributed by atoms with Crippen LogP contribution in [0.25, 0.3) is 0 Å². The average molecular weight is 359 g/mol. The number of nitro groups is 1. The second-order valence-corrected chi connectivity index (χ2v) is 6.41. The molecule has 0 saturated carbocycles. The zero-order valence-corrected chi connectivity index (χ0v) is 13.5. The van der Waals surface area contributed by atoms with E-state index in [0.717, 1.165) is 5.56 Å². The highest BCUT2D eigenvalue weighted by molar-refractivity contribution is 9.10. The molecule has 1 N–H and O–H groups in total. The Morgan fingerprint density at radius 3 is 2.76 bits per heavy atom. The van der Waals surface area contributed by atoms with Crippen LogP contribution in [-0.4, -0.2) is 47.3 Å². The molecule has 1 saturated heterocycles. The van der Waals surface area contributed by atoms with E-state index in [4.69, 9.17) is 4.74 Å². The van der Waals surface area contributed by atoms with E-state index in [9.17, 15) is 15.2 Å². The van der Waals surface area contributed by atoms with Crippen molar-refractivity contribution in [2.45, 2.75) is 25.0 Å². The van der Waals surface area contributed by atoms with E-state index in [-0.39, 0.29) is 5.69 Å². The van der Waals surface area contributed by atoms with Gasteiger partial charge in [0.25, 0.3) is 5.69 Å². The van der Waals surface area contributed by atoms with Gasteiger partial charge < -0.3 is 9.84 Å². The fourth-order valence-corrected chi connectivity index (χ4v) is 2.97. The highest BCUT2D eigenvalue weighted by atomic mass is 79.9. The van der Waals surface area contributed by atoms with Crippen LogP contribution in [0.5, 0.6) is 0 Å². The van der Waals surface area contributed by atoms with Crippen LogP contribution in [0.4, 0.5) is 5.69 Å². The van der Waals surface area contributed by atoms with E-state index in [2.05, 4.69) is 15.9 Å². The summed E-state index contributed by atoms with van der Waals surface area (Å²) in [6, 6.07) is 5.10. The molecule has 0 radical (unpaired) electrons. The molecule has 1 aliphatic rings. The summed E-state index contributed by atoms with van der Waals surface area (Å²) < 4.78 is 5.74. The van der Waals surface area contributed by atoms with Gasteiger partial charge in [-0.1, -0.05) is 6.07 Å². The molecule has 0 bridgehead atoms. The summed E-state index contributed by atoms with van der Waals surface area (Å²) in [4.78, 5) is 12.5. The molecular formula is C14H19BrN2O4. The van der Waals surface area contributed by atoms with Crippen LogP contribution < -0.4 is 0 Å². The van der Waals surface area contributed by atoms with Crippen LogP contribution >= 0.6 is 15.9 Å². The summed E-state index contributed by atoms with van der Waals surface area (Å²) in [5.41, 5.74) is 0.183. The first kappa shape index (κ1) is 16.4. The molecular weight excluding hydrogens is 340 g/mol. The topological polar surface area (TPSA) is 75.8 Å². The number of rotatable bonds is 5. The summed E-state index contributed by atoms with van der Waals surface area (Å²) >= 11 is 3.18. The molecule has 1 aromatic rings. The van der Waals surface area contributed by atoms with Crippen molar-refractivity contribution in [3.8, 4) is 0 Å². The smallest absolute Gasteiger partial charge is 0.283 e. The maximum absolute atomic E-state index is 10.9. The lowest BCUT2D eigenvalue weighted by Crippen LogP contribution is -2.45. The molecule has 0 aliphatic carbocycles. The maximum atomic E-state index is 10.9. The zero-order chi connectivity index (χ0) is 15.5. The van der Waals surface area contributed by atoms with Gasteiger partial charge in [-0.05, 0) is 34.6 Å². The molecule has 2 rings (SSSR count). The van der Waals surface area contributed by atoms with Gasteiger partial charge in [-0.2, -0.15) is 0 Å². The molecule has 1 aromatic carbocycles. The van der Waals surface area contributed by atoms with Gasteiger partial charge in [0.2, 0.25) is 0 Å². The van der Waals surface area contributed by atoms with Crippen molar-refractivity contribution >= 4 is 21.6 Å². The normalized spacial score (nSPS) is 17.9. The third-order valence-corrected chi connectivity index (χ3v) is 4.32. The van der Waals surface area contributed by atoms with Gasteiger partial charge in [-0.15, -0.1) is 0 Å². The van der Waals surface area contributed by atoms with Crippen molar-refractivity contribution in [1.82, 2.24) is 4.90 Å². The monoisotopic (exact) mass is 358 g/mol. The third-order valence-electron chi connectivity index (χ3n) is 3.65. The molecule has 0 unspecified atom stereocenters. The predicted molar refractivity (Wildman–Crippen MR) is 82.1 cm³/mol. The van der Waals surface area contributed by atoms with Crippen LogP contribution in [0.3, 0.4) is 0 Å². The van der Waals surface area contributed by atoms with Crippen molar-refractivity contribution in [3.63, 3.8) is 0 Å². The molecule has 6 nitrogen and oxygen atoms in total. The summed E-state index contributed by atoms with van der Waals surface area (Å²) in [7, 11) is 1.90. The number of nitro benzene ring substituents is 1. The standard InChI is InChI=1S/C14H19BrN2O4/c1-16(10-14(18)4-6-21-7-5-14)9-11-2-3-12(15)13(8-11)17(19)20/h2-3,8,18H,4-7,9-10H2,1H3. The van der Waals surface area contributed by atoms with Crippen LogP contribution in [0, 0.1) is 10.1 Å². The van der Waals surface area contributed by atoms with Gasteiger partial charge in [0.1, 0.15) is 0 Å². The fraction of sp³-hybridized carbons (Fsp3) is 0.571. The van der Waals surface area contributed by atoms with Gasteiger partial charge in [0.05, 0.1) is 15.0 Å². The number of hydrogen-bond acceptors (Lipinski definition) is 5. The first-order chi connectivity index (χ1) is 9.89. The minimum Gasteiger partial charge on any atom is -0.388 e. The third kappa shape index (κ3) is 4.47. The minimum atomic E-state index is -0.728. The Kier molecular flexibility index (Phi) is 5.32. The second kappa shape index (κ2) is 6.83. The van der Waals surface area contributed by atoms with Gasteiger partial charge in [0, 0.05) is 45.2 Å². The lowest BCUT2D eigenvalue weighted by Gasteiger charge is -2.35. The zero-order valence-electron chi connectivity index (χ0n) is 11.9. The molecule has 0 spiro atoms. The Balaban J connectivity index is 2.00. The lowest BCUT2D eigenvalue weighted by molar-refractivity contribution is -0.385. The molecule has 0 aromatic heterocycles. The largest absolute Gasteiger partial charge is 0.388 e. The summed E-state index contributed by atoms with van der Waals surface area (Å²) in [6.07, 6.45) is 1.25. The van der Waals surface area contributed by atoms with Gasteiger partial charge >= 0.3 is 0 Å². The van der Waals surface area contributed by atoms with E-state index < -0.39 is 10.5 Å². The van der Waals surface area contributed by atoms with Crippen molar-refractivity contribution in [2.24, 2.45) is 0 Å². The van der Waals surface area contributed by atoms with Gasteiger partial charge in [-0.25, -0.2) is 0 Å². The van der Waals surface area contributed by atoms with Crippen molar-refractivity contribution in [1.29, 1.82) is 0 Å². The maximum Gasteiger partial charge on any atom is 0.283 e. The number of ether oxygens (including phenoxy) is 1. The lowest BCUT2D eigenvalue weighted by atomic mass is 9.94. The molecule has 0 amide bonds. The highest BCUT2D eigenvalue weighted by Gasteiger charge is 2.31. The van der Waals surface area contributed by atoms with Gasteiger partial charge in [0.15, 0.2) is 0 Å². The number of halogens is 1.